The first-order chi connectivity index (χ1) is 26.9. The van der Waals surface area contributed by atoms with Crippen molar-refractivity contribution in [1.82, 2.24) is 29.4 Å². The molecule has 2 aromatic carbocycles. The van der Waals surface area contributed by atoms with Crippen molar-refractivity contribution in [1.29, 1.82) is 0 Å². The molecule has 0 bridgehead atoms. The minimum absolute atomic E-state index is 0.0440. The van der Waals surface area contributed by atoms with Gasteiger partial charge in [-0.3, -0.25) is 4.79 Å². The number of nitrogens with zero attached hydrogens (tertiary/aromatic N) is 6. The molecule has 6 rings (SSSR count). The highest BCUT2D eigenvalue weighted by Crippen LogP contribution is 2.35. The van der Waals surface area contributed by atoms with Crippen molar-refractivity contribution in [3.05, 3.63) is 89.8 Å². The van der Waals surface area contributed by atoms with Crippen LogP contribution in [0.1, 0.15) is 68.9 Å². The molecule has 0 spiro atoms. The lowest BCUT2D eigenvalue weighted by Gasteiger charge is -2.39. The Kier molecular flexibility index (Phi) is 12.2. The van der Waals surface area contributed by atoms with E-state index in [1.165, 1.54) is 34.1 Å². The highest BCUT2D eigenvalue weighted by atomic mass is 19.4. The monoisotopic (exact) mass is 820 g/mol. The Morgan fingerprint density at radius 1 is 0.638 bits per heavy atom. The van der Waals surface area contributed by atoms with Gasteiger partial charge in [0.1, 0.15) is 29.7 Å². The van der Waals surface area contributed by atoms with Crippen LogP contribution in [0.2, 0.25) is 0 Å². The van der Waals surface area contributed by atoms with Crippen molar-refractivity contribution in [2.24, 2.45) is 0 Å². The number of likely N-dealkylation sites (tertiary alicyclic amines) is 2. The molecule has 4 heterocycles. The maximum absolute atomic E-state index is 13.2. The predicted molar refractivity (Wildman–Crippen MR) is 197 cm³/mol. The number of aromatic nitrogens is 4. The van der Waals surface area contributed by atoms with Crippen LogP contribution in [0.4, 0.5) is 35.9 Å². The molecular weight excluding hydrogens is 778 g/mol. The van der Waals surface area contributed by atoms with Crippen LogP contribution in [0, 0.1) is 0 Å². The first kappa shape index (κ1) is 43.1. The Balaban J connectivity index is 0.000000221. The SMILES string of the molecule is C=Cc1ccc(-n2nc(C(F)(F)F)cc2OC2CN(C(=O)OC(C)(C)C)C2)cc1.CC(C)(C)OC(=O)N1CC(Oc2cc(C(F)(F)F)nn2-c2ccc(C=O)cc2)C1. The highest BCUT2D eigenvalue weighted by molar-refractivity contribution is 5.75. The maximum atomic E-state index is 13.2. The van der Waals surface area contributed by atoms with Crippen LogP contribution in [0.3, 0.4) is 0 Å². The van der Waals surface area contributed by atoms with Crippen LogP contribution in [-0.2, 0) is 21.8 Å². The van der Waals surface area contributed by atoms with E-state index >= 15 is 0 Å². The fraction of sp³-hybridized carbons (Fsp3) is 0.410. The van der Waals surface area contributed by atoms with Crippen LogP contribution >= 0.6 is 0 Å². The van der Waals surface area contributed by atoms with Crippen molar-refractivity contribution in [2.75, 3.05) is 26.2 Å². The number of alkyl halides is 6. The van der Waals surface area contributed by atoms with E-state index in [-0.39, 0.29) is 37.9 Å². The van der Waals surface area contributed by atoms with Gasteiger partial charge in [-0.2, -0.15) is 36.5 Å². The van der Waals surface area contributed by atoms with Gasteiger partial charge in [0.25, 0.3) is 0 Å². The van der Waals surface area contributed by atoms with Gasteiger partial charge in [-0.1, -0.05) is 24.8 Å². The quantitative estimate of drug-likeness (QED) is 0.128. The van der Waals surface area contributed by atoms with E-state index in [1.807, 2.05) is 0 Å². The summed E-state index contributed by atoms with van der Waals surface area (Å²) < 4.78 is 103. The molecule has 0 saturated carbocycles. The minimum atomic E-state index is -4.64. The van der Waals surface area contributed by atoms with Crippen molar-refractivity contribution in [3.63, 3.8) is 0 Å². The molecule has 0 radical (unpaired) electrons. The number of rotatable bonds is 8. The van der Waals surface area contributed by atoms with Crippen LogP contribution in [-0.4, -0.2) is 97.4 Å². The molecule has 0 atom stereocenters. The predicted octanol–water partition coefficient (Wildman–Crippen LogP) is 8.23. The molecular formula is C39H42F6N6O7. The van der Waals surface area contributed by atoms with Crippen LogP contribution in [0.25, 0.3) is 17.5 Å². The molecule has 19 heteroatoms. The summed E-state index contributed by atoms with van der Waals surface area (Å²) in [4.78, 5) is 37.6. The van der Waals surface area contributed by atoms with Gasteiger partial charge in [-0.15, -0.1) is 0 Å². The second kappa shape index (κ2) is 16.5. The summed E-state index contributed by atoms with van der Waals surface area (Å²) in [7, 11) is 0. The third-order valence-electron chi connectivity index (χ3n) is 8.16. The molecule has 2 aliphatic rings. The number of aldehydes is 1. The molecule has 4 aromatic rings. The summed E-state index contributed by atoms with van der Waals surface area (Å²) in [6.07, 6.45) is -8.93. The van der Waals surface area contributed by atoms with Gasteiger partial charge < -0.3 is 28.7 Å². The standard InChI is InChI=1S/C20H22F3N3O3.C19H20F3N3O4/c1-5-13-6-8-14(9-7-13)26-17(10-16(24-26)20(21,22)23)28-15-11-25(12-15)18(27)29-19(2,3)4;1-18(2,3)29-17(27)24-9-14(10-24)28-16-8-15(19(20,21)22)23-25(16)13-6-4-12(11-26)5-7-13/h5-10,15H,1,11-12H2,2-4H3;4-8,11,14H,9-10H2,1-3H3. The van der Waals surface area contributed by atoms with Crippen LogP contribution < -0.4 is 9.47 Å². The average molecular weight is 821 g/mol. The van der Waals surface area contributed by atoms with E-state index in [1.54, 1.807) is 71.9 Å². The summed E-state index contributed by atoms with van der Waals surface area (Å²) in [5.41, 5.74) is -1.48. The van der Waals surface area contributed by atoms with E-state index in [0.717, 1.165) is 27.1 Å². The number of halogens is 6. The van der Waals surface area contributed by atoms with Gasteiger partial charge in [0.05, 0.1) is 37.6 Å². The fourth-order valence-electron chi connectivity index (χ4n) is 5.31. The molecule has 0 N–H and O–H groups in total. The normalized spacial score (nSPS) is 15.0. The second-order valence-electron chi connectivity index (χ2n) is 15.3. The minimum Gasteiger partial charge on any atom is -0.470 e. The van der Waals surface area contributed by atoms with Crippen molar-refractivity contribution in [2.45, 2.75) is 77.3 Å². The van der Waals surface area contributed by atoms with Crippen molar-refractivity contribution in [3.8, 4) is 23.1 Å². The van der Waals surface area contributed by atoms with Crippen molar-refractivity contribution < 1.29 is 59.7 Å². The van der Waals surface area contributed by atoms with E-state index < -0.39 is 59.3 Å². The Morgan fingerprint density at radius 2 is 0.983 bits per heavy atom. The molecule has 2 aromatic heterocycles. The number of carbonyl (C=O) groups is 3. The molecule has 0 unspecified atom stereocenters. The topological polar surface area (TPSA) is 130 Å². The number of benzene rings is 2. The summed E-state index contributed by atoms with van der Waals surface area (Å²) in [6, 6.07) is 14.2. The number of carbonyl (C=O) groups excluding carboxylic acids is 3. The summed E-state index contributed by atoms with van der Waals surface area (Å²) in [5, 5.41) is 7.25. The molecule has 2 aliphatic heterocycles. The Morgan fingerprint density at radius 3 is 1.28 bits per heavy atom. The zero-order valence-corrected chi connectivity index (χ0v) is 32.4. The summed E-state index contributed by atoms with van der Waals surface area (Å²) >= 11 is 0. The Labute approximate surface area is 329 Å². The largest absolute Gasteiger partial charge is 0.470 e. The zero-order chi connectivity index (χ0) is 42.8. The average Bonchev–Trinajstić information content (AvgIpc) is 3.71. The fourth-order valence-corrected chi connectivity index (χ4v) is 5.31. The smallest absolute Gasteiger partial charge is 0.435 e. The van der Waals surface area contributed by atoms with Gasteiger partial charge in [0.2, 0.25) is 11.8 Å². The van der Waals surface area contributed by atoms with Gasteiger partial charge in [-0.25, -0.2) is 19.0 Å². The van der Waals surface area contributed by atoms with Crippen LogP contribution in [0.15, 0.2) is 67.2 Å². The Hall–Kier alpha value is -6.01. The molecule has 2 fully saturated rings. The van der Waals surface area contributed by atoms with Gasteiger partial charge in [0.15, 0.2) is 11.4 Å². The van der Waals surface area contributed by atoms with Gasteiger partial charge >= 0.3 is 24.5 Å². The number of hydrogen-bond acceptors (Lipinski definition) is 9. The third-order valence-corrected chi connectivity index (χ3v) is 8.16. The van der Waals surface area contributed by atoms with E-state index in [0.29, 0.717) is 23.2 Å². The lowest BCUT2D eigenvalue weighted by atomic mass is 10.1. The molecule has 2 saturated heterocycles. The molecule has 0 aliphatic carbocycles. The number of amides is 2. The molecule has 2 amide bonds. The number of ether oxygens (including phenoxy) is 4. The third kappa shape index (κ3) is 11.1. The Bertz CT molecular complexity index is 1940. The molecule has 312 valence electrons. The molecule has 13 nitrogen and oxygen atoms in total. The summed E-state index contributed by atoms with van der Waals surface area (Å²) in [5.74, 6) is -0.150. The first-order valence-corrected chi connectivity index (χ1v) is 17.8. The van der Waals surface area contributed by atoms with E-state index in [9.17, 15) is 40.7 Å². The number of hydrogen-bond donors (Lipinski definition) is 0. The zero-order valence-electron chi connectivity index (χ0n) is 32.4. The van der Waals surface area contributed by atoms with E-state index in [4.69, 9.17) is 18.9 Å². The van der Waals surface area contributed by atoms with Crippen LogP contribution in [0.5, 0.6) is 11.8 Å². The van der Waals surface area contributed by atoms with Crippen molar-refractivity contribution >= 4 is 24.5 Å². The van der Waals surface area contributed by atoms with E-state index in [2.05, 4.69) is 16.8 Å². The maximum Gasteiger partial charge on any atom is 0.435 e. The van der Waals surface area contributed by atoms with Gasteiger partial charge in [-0.05, 0) is 83.5 Å². The second-order valence-corrected chi connectivity index (χ2v) is 15.3. The highest BCUT2D eigenvalue weighted by Gasteiger charge is 2.40. The summed E-state index contributed by atoms with van der Waals surface area (Å²) in [6.45, 7) is 15.0. The first-order valence-electron chi connectivity index (χ1n) is 17.8. The molecule has 58 heavy (non-hydrogen) atoms. The lowest BCUT2D eigenvalue weighted by molar-refractivity contribution is -0.142. The lowest BCUT2D eigenvalue weighted by Crippen LogP contribution is -2.57. The van der Waals surface area contributed by atoms with Gasteiger partial charge in [0, 0.05) is 17.7 Å².